The highest BCUT2D eigenvalue weighted by molar-refractivity contribution is 6.00. The summed E-state index contributed by atoms with van der Waals surface area (Å²) < 4.78 is 1.23. The Hall–Kier alpha value is -2.50. The van der Waals surface area contributed by atoms with Crippen molar-refractivity contribution in [1.82, 2.24) is 14.6 Å². The van der Waals surface area contributed by atoms with E-state index in [2.05, 4.69) is 15.4 Å². The third-order valence-electron chi connectivity index (χ3n) is 3.33. The first-order chi connectivity index (χ1) is 10.3. The van der Waals surface area contributed by atoms with Crippen molar-refractivity contribution in [2.45, 2.75) is 40.5 Å². The first-order valence-corrected chi connectivity index (χ1v) is 7.14. The van der Waals surface area contributed by atoms with Crippen LogP contribution in [0.4, 0.5) is 0 Å². The Bertz CT molecular complexity index is 778. The van der Waals surface area contributed by atoms with Crippen LogP contribution in [-0.4, -0.2) is 20.6 Å². The fourth-order valence-corrected chi connectivity index (χ4v) is 2.16. The molecule has 0 atom stereocenters. The number of aryl methyl sites for hydroxylation is 3. The lowest BCUT2D eigenvalue weighted by molar-refractivity contribution is 0.100. The third kappa shape index (κ3) is 3.21. The van der Waals surface area contributed by atoms with Gasteiger partial charge in [0.2, 0.25) is 0 Å². The van der Waals surface area contributed by atoms with Crippen LogP contribution in [0.25, 0.3) is 0 Å². The molecule has 1 N–H and O–H groups in total. The zero-order chi connectivity index (χ0) is 16.4. The lowest BCUT2D eigenvalue weighted by atomic mass is 10.2. The average Bonchev–Trinajstić information content (AvgIpc) is 2.42. The number of carbonyl (C=O) groups is 1. The summed E-state index contributed by atoms with van der Waals surface area (Å²) in [7, 11) is 0. The van der Waals surface area contributed by atoms with Gasteiger partial charge >= 0.3 is 0 Å². The molecule has 6 nitrogen and oxygen atoms in total. The Morgan fingerprint density at radius 3 is 2.45 bits per heavy atom. The van der Waals surface area contributed by atoms with E-state index in [0.29, 0.717) is 22.8 Å². The van der Waals surface area contributed by atoms with Gasteiger partial charge < -0.3 is 0 Å². The third-order valence-corrected chi connectivity index (χ3v) is 3.33. The van der Waals surface area contributed by atoms with Crippen LogP contribution in [0.1, 0.15) is 52.9 Å². The molecule has 0 fully saturated rings. The maximum atomic E-state index is 12.4. The summed E-state index contributed by atoms with van der Waals surface area (Å²) in [4.78, 5) is 32.9. The molecule has 0 aliphatic carbocycles. The summed E-state index contributed by atoms with van der Waals surface area (Å²) >= 11 is 0. The zero-order valence-corrected chi connectivity index (χ0v) is 13.5. The Labute approximate surface area is 129 Å². The fraction of sp³-hybridized carbons (Fsp3) is 0.375. The summed E-state index contributed by atoms with van der Waals surface area (Å²) in [5.41, 5.74) is 4.79. The first kappa shape index (κ1) is 15.9. The van der Waals surface area contributed by atoms with Crippen LogP contribution >= 0.6 is 0 Å². The van der Waals surface area contributed by atoms with Gasteiger partial charge in [0, 0.05) is 23.9 Å². The molecule has 0 aliphatic heterocycles. The number of nitrogens with zero attached hydrogens (tertiary/aromatic N) is 3. The van der Waals surface area contributed by atoms with E-state index >= 15 is 0 Å². The summed E-state index contributed by atoms with van der Waals surface area (Å²) in [6.07, 6.45) is 1.50. The van der Waals surface area contributed by atoms with E-state index in [1.54, 1.807) is 13.8 Å². The van der Waals surface area contributed by atoms with Gasteiger partial charge in [0.1, 0.15) is 5.82 Å². The van der Waals surface area contributed by atoms with Crippen molar-refractivity contribution in [3.63, 3.8) is 0 Å². The number of amides is 1. The predicted octanol–water partition coefficient (Wildman–Crippen LogP) is 2.07. The lowest BCUT2D eigenvalue weighted by Crippen LogP contribution is -2.35. The first-order valence-electron chi connectivity index (χ1n) is 7.14. The minimum absolute atomic E-state index is 0.192. The number of hydrogen-bond acceptors (Lipinski definition) is 4. The number of hydrogen-bond donors (Lipinski definition) is 1. The van der Waals surface area contributed by atoms with E-state index < -0.39 is 5.91 Å². The molecule has 2 rings (SSSR count). The van der Waals surface area contributed by atoms with E-state index in [0.717, 1.165) is 5.56 Å². The quantitative estimate of drug-likeness (QED) is 0.941. The van der Waals surface area contributed by atoms with Crippen LogP contribution in [0.3, 0.4) is 0 Å². The van der Waals surface area contributed by atoms with Gasteiger partial charge in [-0.2, -0.15) is 0 Å². The van der Waals surface area contributed by atoms with E-state index in [4.69, 9.17) is 0 Å². The highest BCUT2D eigenvalue weighted by Gasteiger charge is 2.14. The lowest BCUT2D eigenvalue weighted by Gasteiger charge is -2.13. The highest BCUT2D eigenvalue weighted by atomic mass is 16.2. The summed E-state index contributed by atoms with van der Waals surface area (Å²) in [6, 6.07) is 3.30. The van der Waals surface area contributed by atoms with Crippen LogP contribution in [0.15, 0.2) is 23.1 Å². The van der Waals surface area contributed by atoms with E-state index in [9.17, 15) is 9.59 Å². The van der Waals surface area contributed by atoms with Gasteiger partial charge in [-0.1, -0.05) is 13.8 Å². The van der Waals surface area contributed by atoms with Crippen LogP contribution in [0.2, 0.25) is 0 Å². The fourth-order valence-electron chi connectivity index (χ4n) is 2.16. The van der Waals surface area contributed by atoms with Crippen molar-refractivity contribution in [1.29, 1.82) is 0 Å². The zero-order valence-electron chi connectivity index (χ0n) is 13.5. The molecule has 22 heavy (non-hydrogen) atoms. The number of pyridine rings is 1. The molecule has 0 aliphatic rings. The van der Waals surface area contributed by atoms with Gasteiger partial charge in [0.15, 0.2) is 0 Å². The Morgan fingerprint density at radius 1 is 1.23 bits per heavy atom. The van der Waals surface area contributed by atoms with Crippen molar-refractivity contribution >= 4 is 5.91 Å². The van der Waals surface area contributed by atoms with Crippen molar-refractivity contribution in [3.8, 4) is 0 Å². The number of nitrogens with one attached hydrogen (secondary N) is 1. The second-order valence-corrected chi connectivity index (χ2v) is 5.67. The molecule has 2 aromatic rings. The number of rotatable bonds is 3. The SMILES string of the molecule is Cc1cc(C)n(NC(=O)c2cnc(C(C)C)nc2C)c(=O)c1. The maximum Gasteiger partial charge on any atom is 0.273 e. The molecule has 6 heteroatoms. The summed E-state index contributed by atoms with van der Waals surface area (Å²) in [5.74, 6) is 0.484. The van der Waals surface area contributed by atoms with Crippen molar-refractivity contribution in [2.24, 2.45) is 0 Å². The highest BCUT2D eigenvalue weighted by Crippen LogP contribution is 2.11. The minimum atomic E-state index is -0.401. The van der Waals surface area contributed by atoms with Gasteiger partial charge in [-0.3, -0.25) is 15.0 Å². The molecule has 0 aromatic carbocycles. The molecule has 116 valence electrons. The molecule has 2 aromatic heterocycles. The van der Waals surface area contributed by atoms with Crippen molar-refractivity contribution < 1.29 is 4.79 Å². The molecule has 0 bridgehead atoms. The molecule has 0 radical (unpaired) electrons. The Kier molecular flexibility index (Phi) is 4.40. The standard InChI is InChI=1S/C16H20N4O2/c1-9(2)15-17-8-13(12(5)18-15)16(22)19-20-11(4)6-10(3)7-14(20)21/h6-9H,1-5H3,(H,19,22). The van der Waals surface area contributed by atoms with Crippen molar-refractivity contribution in [3.05, 3.63) is 57.0 Å². The van der Waals surface area contributed by atoms with Crippen molar-refractivity contribution in [2.75, 3.05) is 5.43 Å². The van der Waals surface area contributed by atoms with Gasteiger partial charge in [0.25, 0.3) is 11.5 Å². The number of aromatic nitrogens is 3. The van der Waals surface area contributed by atoms with Crippen LogP contribution in [-0.2, 0) is 0 Å². The van der Waals surface area contributed by atoms with Gasteiger partial charge in [0.05, 0.1) is 11.3 Å². The van der Waals surface area contributed by atoms with Gasteiger partial charge in [-0.05, 0) is 32.4 Å². The second-order valence-electron chi connectivity index (χ2n) is 5.67. The average molecular weight is 300 g/mol. The molecule has 2 heterocycles. The van der Waals surface area contributed by atoms with Crippen LogP contribution in [0.5, 0.6) is 0 Å². The monoisotopic (exact) mass is 300 g/mol. The van der Waals surface area contributed by atoms with E-state index in [1.165, 1.54) is 16.9 Å². The largest absolute Gasteiger partial charge is 0.273 e. The van der Waals surface area contributed by atoms with Crippen LogP contribution in [0, 0.1) is 20.8 Å². The Balaban J connectivity index is 2.33. The predicted molar refractivity (Wildman–Crippen MR) is 84.7 cm³/mol. The minimum Gasteiger partial charge on any atom is -0.267 e. The van der Waals surface area contributed by atoms with E-state index in [1.807, 2.05) is 26.8 Å². The van der Waals surface area contributed by atoms with Gasteiger partial charge in [-0.25, -0.2) is 14.6 Å². The molecule has 0 saturated heterocycles. The Morgan fingerprint density at radius 2 is 1.91 bits per heavy atom. The maximum absolute atomic E-state index is 12.4. The summed E-state index contributed by atoms with van der Waals surface area (Å²) in [5, 5.41) is 0. The molecule has 0 unspecified atom stereocenters. The smallest absolute Gasteiger partial charge is 0.267 e. The topological polar surface area (TPSA) is 76.9 Å². The summed E-state index contributed by atoms with van der Waals surface area (Å²) in [6.45, 7) is 9.34. The van der Waals surface area contributed by atoms with E-state index in [-0.39, 0.29) is 11.5 Å². The molecule has 0 saturated carbocycles. The number of carbonyl (C=O) groups excluding carboxylic acids is 1. The second kappa shape index (κ2) is 6.09. The van der Waals surface area contributed by atoms with Crippen LogP contribution < -0.4 is 11.0 Å². The molecule has 1 amide bonds. The normalized spacial score (nSPS) is 10.8. The molecular weight excluding hydrogens is 280 g/mol. The molecule has 0 spiro atoms. The molecular formula is C16H20N4O2. The van der Waals surface area contributed by atoms with Gasteiger partial charge in [-0.15, -0.1) is 0 Å².